The molecule has 104 valence electrons. The molecule has 0 spiro atoms. The van der Waals surface area contributed by atoms with Gasteiger partial charge in [-0.2, -0.15) is 0 Å². The maximum absolute atomic E-state index is 5.77. The van der Waals surface area contributed by atoms with E-state index in [-0.39, 0.29) is 0 Å². The minimum atomic E-state index is 0.607. The van der Waals surface area contributed by atoms with E-state index in [1.807, 2.05) is 42.5 Å². The van der Waals surface area contributed by atoms with Gasteiger partial charge in [-0.3, -0.25) is 0 Å². The predicted molar refractivity (Wildman–Crippen MR) is 82.5 cm³/mol. The Bertz CT molecular complexity index is 518. The molecule has 0 saturated carbocycles. The summed E-state index contributed by atoms with van der Waals surface area (Å²) in [5, 5.41) is 6.94. The number of ether oxygens (including phenoxy) is 1. The molecule has 20 heavy (non-hydrogen) atoms. The Hall–Kier alpha value is -2.00. The van der Waals surface area contributed by atoms with E-state index in [1.54, 1.807) is 0 Å². The summed E-state index contributed by atoms with van der Waals surface area (Å²) in [6, 6.07) is 18.6. The van der Waals surface area contributed by atoms with Crippen molar-refractivity contribution in [2.24, 2.45) is 0 Å². The summed E-state index contributed by atoms with van der Waals surface area (Å²) in [6.45, 7) is 2.13. The van der Waals surface area contributed by atoms with Gasteiger partial charge in [0.1, 0.15) is 11.5 Å². The van der Waals surface area contributed by atoms with Crippen LogP contribution in [-0.2, 0) is 0 Å². The zero-order chi connectivity index (χ0) is 13.6. The first-order valence-electron chi connectivity index (χ1n) is 7.20. The van der Waals surface area contributed by atoms with Crippen molar-refractivity contribution in [3.05, 3.63) is 54.6 Å². The fraction of sp³-hybridized carbons (Fsp3) is 0.294. The van der Waals surface area contributed by atoms with E-state index >= 15 is 0 Å². The lowest BCUT2D eigenvalue weighted by Crippen LogP contribution is -2.29. The van der Waals surface area contributed by atoms with Crippen molar-refractivity contribution < 1.29 is 4.74 Å². The number of hydrogen-bond donors (Lipinski definition) is 2. The standard InChI is InChI=1S/C17H20N2O/c1-2-6-16(7-3-1)20-17-10-8-14(9-11-17)19-13-15-5-4-12-18-15/h1-3,6-11,15,18-19H,4-5,12-13H2. The Morgan fingerprint density at radius 3 is 2.45 bits per heavy atom. The molecule has 1 aliphatic heterocycles. The quantitative estimate of drug-likeness (QED) is 0.868. The van der Waals surface area contributed by atoms with E-state index < -0.39 is 0 Å². The highest BCUT2D eigenvalue weighted by Crippen LogP contribution is 2.22. The molecule has 2 N–H and O–H groups in total. The van der Waals surface area contributed by atoms with E-state index in [9.17, 15) is 0 Å². The third kappa shape index (κ3) is 3.52. The average molecular weight is 268 g/mol. The molecular formula is C17H20N2O. The van der Waals surface area contributed by atoms with Gasteiger partial charge in [0, 0.05) is 18.3 Å². The topological polar surface area (TPSA) is 33.3 Å². The largest absolute Gasteiger partial charge is 0.457 e. The van der Waals surface area contributed by atoms with Crippen molar-refractivity contribution in [1.29, 1.82) is 0 Å². The van der Waals surface area contributed by atoms with Crippen molar-refractivity contribution in [3.63, 3.8) is 0 Å². The van der Waals surface area contributed by atoms with Crippen LogP contribution in [0.4, 0.5) is 5.69 Å². The van der Waals surface area contributed by atoms with Gasteiger partial charge in [-0.15, -0.1) is 0 Å². The minimum Gasteiger partial charge on any atom is -0.457 e. The second-order valence-corrected chi connectivity index (χ2v) is 5.11. The van der Waals surface area contributed by atoms with Crippen molar-refractivity contribution >= 4 is 5.69 Å². The van der Waals surface area contributed by atoms with Crippen molar-refractivity contribution in [1.82, 2.24) is 5.32 Å². The average Bonchev–Trinajstić information content (AvgIpc) is 3.01. The third-order valence-corrected chi connectivity index (χ3v) is 3.55. The molecule has 2 aromatic rings. The molecular weight excluding hydrogens is 248 g/mol. The zero-order valence-corrected chi connectivity index (χ0v) is 11.5. The summed E-state index contributed by atoms with van der Waals surface area (Å²) in [6.07, 6.45) is 2.55. The molecule has 1 unspecified atom stereocenters. The summed E-state index contributed by atoms with van der Waals surface area (Å²) in [7, 11) is 0. The lowest BCUT2D eigenvalue weighted by molar-refractivity contribution is 0.483. The molecule has 0 aromatic heterocycles. The summed E-state index contributed by atoms with van der Waals surface area (Å²) in [5.74, 6) is 1.73. The number of anilines is 1. The molecule has 1 aliphatic rings. The molecule has 0 bridgehead atoms. The molecule has 0 aliphatic carbocycles. The molecule has 3 nitrogen and oxygen atoms in total. The number of benzene rings is 2. The highest BCUT2D eigenvalue weighted by Gasteiger charge is 2.12. The SMILES string of the molecule is c1ccc(Oc2ccc(NCC3CCCN3)cc2)cc1. The molecule has 1 saturated heterocycles. The van der Waals surface area contributed by atoms with E-state index in [1.165, 1.54) is 12.8 Å². The first kappa shape index (κ1) is 13.0. The fourth-order valence-electron chi connectivity index (χ4n) is 2.44. The van der Waals surface area contributed by atoms with Gasteiger partial charge in [0.15, 0.2) is 0 Å². The van der Waals surface area contributed by atoms with Gasteiger partial charge in [-0.05, 0) is 55.8 Å². The number of para-hydroxylation sites is 1. The first-order chi connectivity index (χ1) is 9.90. The van der Waals surface area contributed by atoms with E-state index in [0.29, 0.717) is 6.04 Å². The molecule has 2 aromatic carbocycles. The normalized spacial score (nSPS) is 17.9. The smallest absolute Gasteiger partial charge is 0.127 e. The maximum Gasteiger partial charge on any atom is 0.127 e. The van der Waals surface area contributed by atoms with Crippen molar-refractivity contribution in [2.75, 3.05) is 18.4 Å². The first-order valence-corrected chi connectivity index (χ1v) is 7.20. The lowest BCUT2D eigenvalue weighted by Gasteiger charge is -2.13. The van der Waals surface area contributed by atoms with Gasteiger partial charge < -0.3 is 15.4 Å². The Labute approximate surface area is 120 Å². The second kappa shape index (κ2) is 6.44. The molecule has 1 heterocycles. The summed E-state index contributed by atoms with van der Waals surface area (Å²) in [4.78, 5) is 0. The van der Waals surface area contributed by atoms with Gasteiger partial charge in [0.2, 0.25) is 0 Å². The van der Waals surface area contributed by atoms with Gasteiger partial charge in [0.25, 0.3) is 0 Å². The molecule has 3 heteroatoms. The van der Waals surface area contributed by atoms with Crippen LogP contribution in [0.25, 0.3) is 0 Å². The van der Waals surface area contributed by atoms with Crippen molar-refractivity contribution in [3.8, 4) is 11.5 Å². The van der Waals surface area contributed by atoms with Crippen LogP contribution < -0.4 is 15.4 Å². The van der Waals surface area contributed by atoms with Crippen molar-refractivity contribution in [2.45, 2.75) is 18.9 Å². The Morgan fingerprint density at radius 1 is 1.00 bits per heavy atom. The van der Waals surface area contributed by atoms with E-state index in [2.05, 4.69) is 22.8 Å². The minimum absolute atomic E-state index is 0.607. The maximum atomic E-state index is 5.77. The van der Waals surface area contributed by atoms with Crippen LogP contribution in [0.15, 0.2) is 54.6 Å². The molecule has 1 fully saturated rings. The fourth-order valence-corrected chi connectivity index (χ4v) is 2.44. The lowest BCUT2D eigenvalue weighted by atomic mass is 10.2. The van der Waals surface area contributed by atoms with Crippen LogP contribution >= 0.6 is 0 Å². The molecule has 1 atom stereocenters. The second-order valence-electron chi connectivity index (χ2n) is 5.11. The van der Waals surface area contributed by atoms with Crippen LogP contribution in [0.2, 0.25) is 0 Å². The Balaban J connectivity index is 1.54. The van der Waals surface area contributed by atoms with Crippen LogP contribution in [0.1, 0.15) is 12.8 Å². The van der Waals surface area contributed by atoms with E-state index in [4.69, 9.17) is 4.74 Å². The van der Waals surface area contributed by atoms with Crippen LogP contribution in [0, 0.1) is 0 Å². The number of nitrogens with one attached hydrogen (secondary N) is 2. The highest BCUT2D eigenvalue weighted by atomic mass is 16.5. The van der Waals surface area contributed by atoms with E-state index in [0.717, 1.165) is 30.3 Å². The zero-order valence-electron chi connectivity index (χ0n) is 11.5. The van der Waals surface area contributed by atoms with Gasteiger partial charge in [-0.25, -0.2) is 0 Å². The number of rotatable bonds is 5. The van der Waals surface area contributed by atoms with Gasteiger partial charge in [0.05, 0.1) is 0 Å². The third-order valence-electron chi connectivity index (χ3n) is 3.55. The van der Waals surface area contributed by atoms with Crippen LogP contribution in [0.5, 0.6) is 11.5 Å². The summed E-state index contributed by atoms with van der Waals surface area (Å²) < 4.78 is 5.77. The van der Waals surface area contributed by atoms with Crippen LogP contribution in [-0.4, -0.2) is 19.1 Å². The van der Waals surface area contributed by atoms with Gasteiger partial charge in [-0.1, -0.05) is 18.2 Å². The highest BCUT2D eigenvalue weighted by molar-refractivity contribution is 5.47. The summed E-state index contributed by atoms with van der Waals surface area (Å²) in [5.41, 5.74) is 1.14. The molecule has 0 amide bonds. The Morgan fingerprint density at radius 2 is 1.75 bits per heavy atom. The summed E-state index contributed by atoms with van der Waals surface area (Å²) >= 11 is 0. The monoisotopic (exact) mass is 268 g/mol. The Kier molecular flexibility index (Phi) is 4.19. The number of hydrogen-bond acceptors (Lipinski definition) is 3. The predicted octanol–water partition coefficient (Wildman–Crippen LogP) is 3.64. The molecule has 3 rings (SSSR count). The van der Waals surface area contributed by atoms with Crippen LogP contribution in [0.3, 0.4) is 0 Å². The molecule has 0 radical (unpaired) electrons. The van der Waals surface area contributed by atoms with Gasteiger partial charge >= 0.3 is 0 Å².